The summed E-state index contributed by atoms with van der Waals surface area (Å²) in [5.41, 5.74) is 5.66. The molecule has 7 N–H and O–H groups in total. The van der Waals surface area contributed by atoms with Crippen molar-refractivity contribution in [2.45, 2.75) is 70.3 Å². The molecule has 0 fully saturated rings. The van der Waals surface area contributed by atoms with Crippen LogP contribution in [0.25, 0.3) is 0 Å². The topological polar surface area (TPSA) is 171 Å². The highest BCUT2D eigenvalue weighted by molar-refractivity contribution is 7.98. The zero-order valence-corrected chi connectivity index (χ0v) is 21.1. The molecule has 3 amide bonds. The molecule has 0 aliphatic carbocycles. The minimum atomic E-state index is -1.19. The fourth-order valence-electron chi connectivity index (χ4n) is 2.73. The molecule has 0 aromatic carbocycles. The number of carboxylic acid groups (broad SMARTS) is 1. The zero-order valence-electron chi connectivity index (χ0n) is 19.4. The van der Waals surface area contributed by atoms with Gasteiger partial charge < -0.3 is 31.9 Å². The first-order chi connectivity index (χ1) is 14.9. The van der Waals surface area contributed by atoms with E-state index in [4.69, 9.17) is 5.73 Å². The Kier molecular flexibility index (Phi) is 15.4. The van der Waals surface area contributed by atoms with Gasteiger partial charge in [-0.05, 0) is 56.1 Å². The predicted molar refractivity (Wildman–Crippen MR) is 129 cm³/mol. The van der Waals surface area contributed by atoms with Crippen LogP contribution in [-0.4, -0.2) is 88.2 Å². The average molecular weight is 495 g/mol. The maximum Gasteiger partial charge on any atom is 0.326 e. The van der Waals surface area contributed by atoms with Crippen molar-refractivity contribution < 1.29 is 29.4 Å². The number of rotatable bonds is 16. The van der Waals surface area contributed by atoms with E-state index in [1.807, 2.05) is 26.4 Å². The molecule has 0 bridgehead atoms. The van der Waals surface area contributed by atoms with Gasteiger partial charge in [-0.25, -0.2) is 4.79 Å². The van der Waals surface area contributed by atoms with Crippen LogP contribution in [0.3, 0.4) is 0 Å². The number of hydrogen-bond acceptors (Lipinski definition) is 8. The normalized spacial score (nSPS) is 15.9. The molecule has 0 spiro atoms. The third-order valence-corrected chi connectivity index (χ3v) is 5.92. The van der Waals surface area contributed by atoms with Crippen LogP contribution in [0.4, 0.5) is 0 Å². The number of carboxylic acids is 1. The van der Waals surface area contributed by atoms with Crippen molar-refractivity contribution in [1.82, 2.24) is 16.0 Å². The number of thioether (sulfide) groups is 2. The molecule has 0 saturated carbocycles. The van der Waals surface area contributed by atoms with Crippen LogP contribution in [0, 0.1) is 5.92 Å². The number of nitrogens with two attached hydrogens (primary N) is 1. The predicted octanol–water partition coefficient (Wildman–Crippen LogP) is -0.214. The lowest BCUT2D eigenvalue weighted by atomic mass is 10.0. The third kappa shape index (κ3) is 11.9. The molecule has 0 aromatic rings. The van der Waals surface area contributed by atoms with Crippen LogP contribution in [0.2, 0.25) is 0 Å². The first-order valence-corrected chi connectivity index (χ1v) is 13.3. The summed E-state index contributed by atoms with van der Waals surface area (Å²) < 4.78 is 0. The van der Waals surface area contributed by atoms with E-state index in [0.717, 1.165) is 0 Å². The zero-order chi connectivity index (χ0) is 24.8. The Balaban J connectivity index is 5.42. The van der Waals surface area contributed by atoms with Gasteiger partial charge >= 0.3 is 5.97 Å². The molecule has 10 nitrogen and oxygen atoms in total. The van der Waals surface area contributed by atoms with Gasteiger partial charge in [-0.1, -0.05) is 13.8 Å². The molecular formula is C20H38N4O6S2. The van der Waals surface area contributed by atoms with E-state index in [1.165, 1.54) is 30.4 Å². The van der Waals surface area contributed by atoms with E-state index in [9.17, 15) is 29.4 Å². The molecule has 5 atom stereocenters. The van der Waals surface area contributed by atoms with Crippen molar-refractivity contribution in [3.63, 3.8) is 0 Å². The number of aliphatic hydroxyl groups excluding tert-OH is 1. The third-order valence-electron chi connectivity index (χ3n) is 4.63. The highest BCUT2D eigenvalue weighted by atomic mass is 32.2. The quantitative estimate of drug-likeness (QED) is 0.170. The number of carbonyl (C=O) groups is 4. The molecule has 186 valence electrons. The van der Waals surface area contributed by atoms with E-state index in [2.05, 4.69) is 16.0 Å². The number of aliphatic hydroxyl groups is 1. The first-order valence-electron chi connectivity index (χ1n) is 10.5. The Morgan fingerprint density at radius 1 is 0.812 bits per heavy atom. The van der Waals surface area contributed by atoms with Crippen molar-refractivity contribution in [3.05, 3.63) is 0 Å². The van der Waals surface area contributed by atoms with Crippen molar-refractivity contribution >= 4 is 47.2 Å². The lowest BCUT2D eigenvalue weighted by Gasteiger charge is -2.26. The van der Waals surface area contributed by atoms with Crippen molar-refractivity contribution in [2.24, 2.45) is 11.7 Å². The Morgan fingerprint density at radius 3 is 1.69 bits per heavy atom. The second-order valence-corrected chi connectivity index (χ2v) is 9.95. The molecular weight excluding hydrogens is 456 g/mol. The van der Waals surface area contributed by atoms with Crippen LogP contribution in [0.5, 0.6) is 0 Å². The standard InChI is InChI=1S/C20H38N4O6S2/c1-11(2)10-15(24-19(28)16(21)12(3)25)18(27)22-13(6-8-31-4)17(26)23-14(20(29)30)7-9-32-5/h11-16,25H,6-10,21H2,1-5H3,(H,22,27)(H,23,26)(H,24,28)(H,29,30). The van der Waals surface area contributed by atoms with Gasteiger partial charge in [-0.15, -0.1) is 0 Å². The Morgan fingerprint density at radius 2 is 1.25 bits per heavy atom. The maximum atomic E-state index is 12.9. The number of amides is 3. The fourth-order valence-corrected chi connectivity index (χ4v) is 3.67. The second-order valence-electron chi connectivity index (χ2n) is 7.98. The summed E-state index contributed by atoms with van der Waals surface area (Å²) in [5, 5.41) is 26.6. The number of hydrogen-bond donors (Lipinski definition) is 6. The van der Waals surface area contributed by atoms with Crippen LogP contribution in [0.1, 0.15) is 40.0 Å². The van der Waals surface area contributed by atoms with Gasteiger partial charge in [0.1, 0.15) is 24.2 Å². The summed E-state index contributed by atoms with van der Waals surface area (Å²) in [4.78, 5) is 49.5. The fraction of sp³-hybridized carbons (Fsp3) is 0.800. The van der Waals surface area contributed by atoms with Crippen molar-refractivity contribution in [2.75, 3.05) is 24.0 Å². The van der Waals surface area contributed by atoms with E-state index >= 15 is 0 Å². The highest BCUT2D eigenvalue weighted by Gasteiger charge is 2.31. The summed E-state index contributed by atoms with van der Waals surface area (Å²) in [6, 6.07) is -4.16. The summed E-state index contributed by atoms with van der Waals surface area (Å²) in [6.07, 6.45) is 3.46. The van der Waals surface area contributed by atoms with Gasteiger partial charge in [0.05, 0.1) is 6.10 Å². The molecule has 0 heterocycles. The summed E-state index contributed by atoms with van der Waals surface area (Å²) >= 11 is 2.96. The molecule has 0 aromatic heterocycles. The van der Waals surface area contributed by atoms with E-state index in [0.29, 0.717) is 24.3 Å². The number of carbonyl (C=O) groups excluding carboxylic acids is 3. The van der Waals surface area contributed by atoms with Gasteiger partial charge in [0.15, 0.2) is 0 Å². The van der Waals surface area contributed by atoms with Gasteiger partial charge in [-0.3, -0.25) is 14.4 Å². The van der Waals surface area contributed by atoms with Crippen molar-refractivity contribution in [1.29, 1.82) is 0 Å². The minimum Gasteiger partial charge on any atom is -0.480 e. The number of nitrogens with one attached hydrogen (secondary N) is 3. The van der Waals surface area contributed by atoms with E-state index in [-0.39, 0.29) is 12.3 Å². The maximum absolute atomic E-state index is 12.9. The monoisotopic (exact) mass is 494 g/mol. The Labute approximate surface area is 198 Å². The van der Waals surface area contributed by atoms with Crippen molar-refractivity contribution in [3.8, 4) is 0 Å². The molecule has 12 heteroatoms. The summed E-state index contributed by atoms with van der Waals surface area (Å²) in [6.45, 7) is 5.13. The van der Waals surface area contributed by atoms with Gasteiger partial charge in [0, 0.05) is 0 Å². The van der Waals surface area contributed by atoms with Crippen LogP contribution in [0.15, 0.2) is 0 Å². The smallest absolute Gasteiger partial charge is 0.326 e. The molecule has 5 unspecified atom stereocenters. The summed E-state index contributed by atoms with van der Waals surface area (Å²) in [5.74, 6) is -1.79. The summed E-state index contributed by atoms with van der Waals surface area (Å²) in [7, 11) is 0. The molecule has 0 rings (SSSR count). The largest absolute Gasteiger partial charge is 0.480 e. The van der Waals surface area contributed by atoms with Crippen LogP contribution < -0.4 is 21.7 Å². The lowest BCUT2D eigenvalue weighted by Crippen LogP contribution is -2.58. The Bertz CT molecular complexity index is 621. The molecule has 0 aliphatic heterocycles. The van der Waals surface area contributed by atoms with Crippen LogP contribution >= 0.6 is 23.5 Å². The highest BCUT2D eigenvalue weighted by Crippen LogP contribution is 2.09. The van der Waals surface area contributed by atoms with Crippen LogP contribution in [-0.2, 0) is 19.2 Å². The Hall–Kier alpha value is -1.50. The molecule has 0 radical (unpaired) electrons. The van der Waals surface area contributed by atoms with Gasteiger partial charge in [0.2, 0.25) is 17.7 Å². The minimum absolute atomic E-state index is 0.0511. The average Bonchev–Trinajstić information content (AvgIpc) is 2.71. The van der Waals surface area contributed by atoms with E-state index in [1.54, 1.807) is 0 Å². The molecule has 0 aliphatic rings. The lowest BCUT2D eigenvalue weighted by molar-refractivity contribution is -0.142. The molecule has 32 heavy (non-hydrogen) atoms. The van der Waals surface area contributed by atoms with Gasteiger partial charge in [0.25, 0.3) is 0 Å². The second kappa shape index (κ2) is 16.2. The number of aliphatic carboxylic acids is 1. The molecule has 0 saturated heterocycles. The first kappa shape index (κ1) is 30.5. The van der Waals surface area contributed by atoms with E-state index < -0.39 is 54.0 Å². The van der Waals surface area contributed by atoms with Gasteiger partial charge in [-0.2, -0.15) is 23.5 Å². The SMILES string of the molecule is CSCCC(NC(=O)C(CCSC)NC(=O)C(CC(C)C)NC(=O)C(N)C(C)O)C(=O)O.